The standard InChI is InChI=1S/C17H22N2O4/c1-12(2)18(10-9-17(22)23)16(21)11-19-14-6-4-3-5-13(14)7-8-15(19)20/h3-6,12H,7-11H2,1-2H3,(H,22,23). The van der Waals surface area contributed by atoms with Crippen molar-refractivity contribution in [2.24, 2.45) is 0 Å². The number of para-hydroxylation sites is 1. The van der Waals surface area contributed by atoms with Crippen LogP contribution in [-0.2, 0) is 20.8 Å². The van der Waals surface area contributed by atoms with Gasteiger partial charge in [0.05, 0.1) is 6.42 Å². The summed E-state index contributed by atoms with van der Waals surface area (Å²) in [6, 6.07) is 7.46. The molecule has 0 radical (unpaired) electrons. The van der Waals surface area contributed by atoms with Crippen LogP contribution in [0.1, 0.15) is 32.3 Å². The largest absolute Gasteiger partial charge is 0.481 e. The van der Waals surface area contributed by atoms with Crippen molar-refractivity contribution in [1.29, 1.82) is 0 Å². The highest BCUT2D eigenvalue weighted by atomic mass is 16.4. The predicted octanol–water partition coefficient (Wildman–Crippen LogP) is 1.68. The number of carboxylic acid groups (broad SMARTS) is 1. The summed E-state index contributed by atoms with van der Waals surface area (Å²) in [5.41, 5.74) is 1.83. The van der Waals surface area contributed by atoms with Crippen molar-refractivity contribution in [2.45, 2.75) is 39.2 Å². The number of aryl methyl sites for hydroxylation is 1. The fraction of sp³-hybridized carbons (Fsp3) is 0.471. The van der Waals surface area contributed by atoms with E-state index >= 15 is 0 Å². The normalized spacial score (nSPS) is 13.9. The summed E-state index contributed by atoms with van der Waals surface area (Å²) in [6.07, 6.45) is 0.974. The minimum atomic E-state index is -0.942. The Morgan fingerprint density at radius 1 is 1.26 bits per heavy atom. The number of benzene rings is 1. The Labute approximate surface area is 135 Å². The van der Waals surface area contributed by atoms with E-state index in [9.17, 15) is 14.4 Å². The van der Waals surface area contributed by atoms with Gasteiger partial charge in [0, 0.05) is 24.7 Å². The minimum Gasteiger partial charge on any atom is -0.481 e. The molecule has 0 saturated heterocycles. The van der Waals surface area contributed by atoms with Crippen LogP contribution in [0.5, 0.6) is 0 Å². The lowest BCUT2D eigenvalue weighted by atomic mass is 10.0. The van der Waals surface area contributed by atoms with E-state index in [2.05, 4.69) is 0 Å². The molecule has 0 aliphatic carbocycles. The summed E-state index contributed by atoms with van der Waals surface area (Å²) >= 11 is 0. The highest BCUT2D eigenvalue weighted by Crippen LogP contribution is 2.27. The zero-order valence-corrected chi connectivity index (χ0v) is 13.5. The van der Waals surface area contributed by atoms with Crippen LogP contribution in [0.15, 0.2) is 24.3 Å². The quantitative estimate of drug-likeness (QED) is 0.865. The molecule has 1 aliphatic rings. The van der Waals surface area contributed by atoms with E-state index in [0.717, 1.165) is 11.3 Å². The number of carbonyl (C=O) groups excluding carboxylic acids is 2. The molecular formula is C17H22N2O4. The molecule has 1 heterocycles. The number of carbonyl (C=O) groups is 3. The molecule has 0 aromatic heterocycles. The van der Waals surface area contributed by atoms with Crippen LogP contribution in [0.3, 0.4) is 0 Å². The summed E-state index contributed by atoms with van der Waals surface area (Å²) in [7, 11) is 0. The van der Waals surface area contributed by atoms with Gasteiger partial charge in [0.2, 0.25) is 11.8 Å². The van der Waals surface area contributed by atoms with Gasteiger partial charge in [-0.15, -0.1) is 0 Å². The molecule has 1 N–H and O–H groups in total. The summed E-state index contributed by atoms with van der Waals surface area (Å²) in [5, 5.41) is 8.82. The Morgan fingerprint density at radius 3 is 2.61 bits per heavy atom. The van der Waals surface area contributed by atoms with Crippen LogP contribution < -0.4 is 4.90 Å². The van der Waals surface area contributed by atoms with Gasteiger partial charge >= 0.3 is 5.97 Å². The smallest absolute Gasteiger partial charge is 0.305 e. The molecule has 0 fully saturated rings. The summed E-state index contributed by atoms with van der Waals surface area (Å²) in [6.45, 7) is 3.78. The molecule has 1 aromatic carbocycles. The first-order valence-corrected chi connectivity index (χ1v) is 7.79. The number of hydrogen-bond donors (Lipinski definition) is 1. The predicted molar refractivity (Wildman–Crippen MR) is 86.2 cm³/mol. The first kappa shape index (κ1) is 17.0. The summed E-state index contributed by atoms with van der Waals surface area (Å²) in [4.78, 5) is 38.5. The van der Waals surface area contributed by atoms with E-state index in [1.807, 2.05) is 38.1 Å². The highest BCUT2D eigenvalue weighted by Gasteiger charge is 2.28. The summed E-state index contributed by atoms with van der Waals surface area (Å²) in [5.74, 6) is -1.24. The topological polar surface area (TPSA) is 77.9 Å². The third-order valence-electron chi connectivity index (χ3n) is 4.00. The van der Waals surface area contributed by atoms with Crippen LogP contribution >= 0.6 is 0 Å². The number of hydrogen-bond acceptors (Lipinski definition) is 3. The number of fused-ring (bicyclic) bond motifs is 1. The van der Waals surface area contributed by atoms with Gasteiger partial charge in [-0.3, -0.25) is 14.4 Å². The molecule has 6 heteroatoms. The van der Waals surface area contributed by atoms with Crippen molar-refractivity contribution in [3.63, 3.8) is 0 Å². The maximum Gasteiger partial charge on any atom is 0.305 e. The number of rotatable bonds is 6. The Kier molecular flexibility index (Phi) is 5.36. The van der Waals surface area contributed by atoms with Crippen molar-refractivity contribution in [3.8, 4) is 0 Å². The Bertz CT molecular complexity index is 612. The number of carboxylic acids is 1. The third-order valence-corrected chi connectivity index (χ3v) is 4.00. The number of amides is 2. The Morgan fingerprint density at radius 2 is 1.96 bits per heavy atom. The summed E-state index contributed by atoms with van der Waals surface area (Å²) < 4.78 is 0. The molecule has 2 amide bonds. The second-order valence-corrected chi connectivity index (χ2v) is 5.93. The molecule has 0 spiro atoms. The molecule has 6 nitrogen and oxygen atoms in total. The zero-order valence-electron chi connectivity index (χ0n) is 13.5. The number of aliphatic carboxylic acids is 1. The SMILES string of the molecule is CC(C)N(CCC(=O)O)C(=O)CN1C(=O)CCc2ccccc21. The second kappa shape index (κ2) is 7.26. The lowest BCUT2D eigenvalue weighted by Crippen LogP contribution is -2.47. The zero-order chi connectivity index (χ0) is 17.0. The van der Waals surface area contributed by atoms with Crippen LogP contribution in [-0.4, -0.2) is 46.9 Å². The molecule has 0 atom stereocenters. The van der Waals surface area contributed by atoms with Crippen molar-refractivity contribution >= 4 is 23.5 Å². The average molecular weight is 318 g/mol. The Hall–Kier alpha value is -2.37. The fourth-order valence-corrected chi connectivity index (χ4v) is 2.78. The first-order valence-electron chi connectivity index (χ1n) is 7.79. The van der Waals surface area contributed by atoms with E-state index in [0.29, 0.717) is 12.8 Å². The molecule has 1 aliphatic heterocycles. The maximum absolute atomic E-state index is 12.6. The third kappa shape index (κ3) is 4.09. The van der Waals surface area contributed by atoms with Crippen molar-refractivity contribution < 1.29 is 19.5 Å². The lowest BCUT2D eigenvalue weighted by molar-refractivity contribution is -0.139. The maximum atomic E-state index is 12.6. The Balaban J connectivity index is 2.14. The fourth-order valence-electron chi connectivity index (χ4n) is 2.78. The van der Waals surface area contributed by atoms with Crippen molar-refractivity contribution in [2.75, 3.05) is 18.0 Å². The van der Waals surface area contributed by atoms with Gasteiger partial charge < -0.3 is 14.9 Å². The van der Waals surface area contributed by atoms with Crippen LogP contribution in [0.4, 0.5) is 5.69 Å². The monoisotopic (exact) mass is 318 g/mol. The molecule has 0 saturated carbocycles. The van der Waals surface area contributed by atoms with E-state index in [-0.39, 0.29) is 37.4 Å². The van der Waals surface area contributed by atoms with E-state index < -0.39 is 5.97 Å². The van der Waals surface area contributed by atoms with Crippen molar-refractivity contribution in [3.05, 3.63) is 29.8 Å². The first-order chi connectivity index (χ1) is 10.9. The van der Waals surface area contributed by atoms with Gasteiger partial charge in [-0.2, -0.15) is 0 Å². The molecule has 124 valence electrons. The number of nitrogens with zero attached hydrogens (tertiary/aromatic N) is 2. The van der Waals surface area contributed by atoms with Gasteiger partial charge in [-0.05, 0) is 31.9 Å². The second-order valence-electron chi connectivity index (χ2n) is 5.93. The molecule has 0 unspecified atom stereocenters. The van der Waals surface area contributed by atoms with Gasteiger partial charge in [0.25, 0.3) is 0 Å². The molecule has 0 bridgehead atoms. The van der Waals surface area contributed by atoms with E-state index in [1.165, 1.54) is 9.80 Å². The van der Waals surface area contributed by atoms with Crippen molar-refractivity contribution in [1.82, 2.24) is 4.90 Å². The van der Waals surface area contributed by atoms with Gasteiger partial charge in [-0.1, -0.05) is 18.2 Å². The van der Waals surface area contributed by atoms with Crippen LogP contribution in [0.25, 0.3) is 0 Å². The minimum absolute atomic E-state index is 0.0480. The molecule has 2 rings (SSSR count). The molecule has 1 aromatic rings. The lowest BCUT2D eigenvalue weighted by Gasteiger charge is -2.32. The van der Waals surface area contributed by atoms with Gasteiger partial charge in [-0.25, -0.2) is 0 Å². The van der Waals surface area contributed by atoms with Crippen LogP contribution in [0.2, 0.25) is 0 Å². The van der Waals surface area contributed by atoms with E-state index in [1.54, 1.807) is 0 Å². The van der Waals surface area contributed by atoms with E-state index in [4.69, 9.17) is 5.11 Å². The highest BCUT2D eigenvalue weighted by molar-refractivity contribution is 6.01. The number of anilines is 1. The molecular weight excluding hydrogens is 296 g/mol. The van der Waals surface area contributed by atoms with Gasteiger partial charge in [0.1, 0.15) is 6.54 Å². The van der Waals surface area contributed by atoms with Gasteiger partial charge in [0.15, 0.2) is 0 Å². The average Bonchev–Trinajstić information content (AvgIpc) is 2.49. The van der Waals surface area contributed by atoms with Crippen LogP contribution in [0, 0.1) is 0 Å². The molecule has 23 heavy (non-hydrogen) atoms.